The lowest BCUT2D eigenvalue weighted by atomic mass is 10.0. The summed E-state index contributed by atoms with van der Waals surface area (Å²) in [5, 5.41) is 6.64. The average Bonchev–Trinajstić information content (AvgIpc) is 2.47. The van der Waals surface area contributed by atoms with Crippen LogP contribution in [0.2, 0.25) is 0 Å². The molecule has 1 aromatic heterocycles. The van der Waals surface area contributed by atoms with Gasteiger partial charge in [0.05, 0.1) is 6.61 Å². The van der Waals surface area contributed by atoms with Crippen molar-refractivity contribution in [2.75, 3.05) is 30.9 Å². The van der Waals surface area contributed by atoms with Gasteiger partial charge in [-0.05, 0) is 24.5 Å². The Morgan fingerprint density at radius 2 is 1.86 bits per heavy atom. The number of ether oxygens (including phenoxy) is 1. The van der Waals surface area contributed by atoms with Gasteiger partial charge in [0.1, 0.15) is 17.5 Å². The molecule has 2 rings (SSSR count). The van der Waals surface area contributed by atoms with E-state index >= 15 is 0 Å². The van der Waals surface area contributed by atoms with Crippen molar-refractivity contribution in [1.82, 2.24) is 9.97 Å². The molecule has 0 amide bonds. The van der Waals surface area contributed by atoms with Gasteiger partial charge < -0.3 is 15.4 Å². The number of aryl methyl sites for hydroxylation is 1. The Bertz CT molecular complexity index is 613. The number of anilines is 3. The van der Waals surface area contributed by atoms with Gasteiger partial charge in [-0.15, -0.1) is 0 Å². The highest BCUT2D eigenvalue weighted by molar-refractivity contribution is 5.63. The molecule has 0 bridgehead atoms. The molecule has 0 saturated carbocycles. The van der Waals surface area contributed by atoms with Gasteiger partial charge in [0.2, 0.25) is 0 Å². The number of hydrogen-bond donors (Lipinski definition) is 2. The van der Waals surface area contributed by atoms with E-state index in [1.165, 1.54) is 5.56 Å². The second-order valence-corrected chi connectivity index (χ2v) is 5.47. The smallest absolute Gasteiger partial charge is 0.136 e. The molecule has 0 aliphatic heterocycles. The lowest BCUT2D eigenvalue weighted by Gasteiger charge is -2.15. The minimum atomic E-state index is 0.450. The lowest BCUT2D eigenvalue weighted by Crippen LogP contribution is -2.10. The zero-order valence-corrected chi connectivity index (χ0v) is 13.7. The molecule has 0 unspecified atom stereocenters. The van der Waals surface area contributed by atoms with Crippen molar-refractivity contribution in [3.8, 4) is 0 Å². The van der Waals surface area contributed by atoms with Crippen LogP contribution in [0, 0.1) is 6.92 Å². The van der Waals surface area contributed by atoms with Gasteiger partial charge >= 0.3 is 0 Å². The SMILES string of the molecule is COCCNc1cc(Nc2ccccc2C(C)C)nc(C)n1. The Hall–Kier alpha value is -2.14. The van der Waals surface area contributed by atoms with Crippen LogP contribution in [0.4, 0.5) is 17.3 Å². The zero-order chi connectivity index (χ0) is 15.9. The lowest BCUT2D eigenvalue weighted by molar-refractivity contribution is 0.210. The quantitative estimate of drug-likeness (QED) is 0.763. The monoisotopic (exact) mass is 300 g/mol. The summed E-state index contributed by atoms with van der Waals surface area (Å²) in [5.41, 5.74) is 2.35. The van der Waals surface area contributed by atoms with Crippen molar-refractivity contribution in [2.24, 2.45) is 0 Å². The number of benzene rings is 1. The summed E-state index contributed by atoms with van der Waals surface area (Å²) in [6.07, 6.45) is 0. The molecule has 0 fully saturated rings. The van der Waals surface area contributed by atoms with Crippen molar-refractivity contribution in [3.63, 3.8) is 0 Å². The zero-order valence-electron chi connectivity index (χ0n) is 13.7. The maximum Gasteiger partial charge on any atom is 0.136 e. The van der Waals surface area contributed by atoms with Crippen molar-refractivity contribution < 1.29 is 4.74 Å². The summed E-state index contributed by atoms with van der Waals surface area (Å²) in [6, 6.07) is 10.2. The van der Waals surface area contributed by atoms with Gasteiger partial charge in [-0.3, -0.25) is 0 Å². The summed E-state index contributed by atoms with van der Waals surface area (Å²) in [5.74, 6) is 2.77. The molecule has 0 spiro atoms. The molecule has 0 saturated heterocycles. The van der Waals surface area contributed by atoms with E-state index < -0.39 is 0 Å². The summed E-state index contributed by atoms with van der Waals surface area (Å²) in [6.45, 7) is 7.62. The molecule has 22 heavy (non-hydrogen) atoms. The Morgan fingerprint density at radius 3 is 2.59 bits per heavy atom. The summed E-state index contributed by atoms with van der Waals surface area (Å²) >= 11 is 0. The Balaban J connectivity index is 2.19. The average molecular weight is 300 g/mol. The van der Waals surface area contributed by atoms with Gasteiger partial charge in [0.25, 0.3) is 0 Å². The number of nitrogens with zero attached hydrogens (tertiary/aromatic N) is 2. The summed E-state index contributed by atoms with van der Waals surface area (Å²) in [4.78, 5) is 8.85. The number of methoxy groups -OCH3 is 1. The van der Waals surface area contributed by atoms with Crippen LogP contribution in [-0.4, -0.2) is 30.2 Å². The first-order chi connectivity index (χ1) is 10.6. The number of hydrogen-bond acceptors (Lipinski definition) is 5. The molecule has 2 aromatic rings. The Kier molecular flexibility index (Phi) is 5.72. The molecule has 1 heterocycles. The van der Waals surface area contributed by atoms with Crippen LogP contribution in [0.5, 0.6) is 0 Å². The van der Waals surface area contributed by atoms with Crippen LogP contribution in [0.15, 0.2) is 30.3 Å². The topological polar surface area (TPSA) is 59.1 Å². The standard InChI is InChI=1S/C17H24N4O/c1-12(2)14-7-5-6-8-15(14)21-17-11-16(18-9-10-22-4)19-13(3)20-17/h5-8,11-12H,9-10H2,1-4H3,(H2,18,19,20,21). The normalized spacial score (nSPS) is 10.8. The van der Waals surface area contributed by atoms with Crippen LogP contribution in [0.3, 0.4) is 0 Å². The molecule has 0 radical (unpaired) electrons. The van der Waals surface area contributed by atoms with Crippen molar-refractivity contribution >= 4 is 17.3 Å². The molecule has 5 heteroatoms. The number of rotatable bonds is 7. The molecule has 0 aliphatic carbocycles. The van der Waals surface area contributed by atoms with E-state index in [9.17, 15) is 0 Å². The minimum Gasteiger partial charge on any atom is -0.383 e. The van der Waals surface area contributed by atoms with Gasteiger partial charge in [-0.2, -0.15) is 0 Å². The third-order valence-corrected chi connectivity index (χ3v) is 3.30. The van der Waals surface area contributed by atoms with E-state index in [4.69, 9.17) is 4.74 Å². The van der Waals surface area contributed by atoms with Crippen LogP contribution < -0.4 is 10.6 Å². The fourth-order valence-corrected chi connectivity index (χ4v) is 2.26. The third kappa shape index (κ3) is 4.43. The Labute approximate surface area is 132 Å². The van der Waals surface area contributed by atoms with E-state index in [1.54, 1.807) is 7.11 Å². The summed E-state index contributed by atoms with van der Waals surface area (Å²) < 4.78 is 5.04. The molecule has 0 aliphatic rings. The fraction of sp³-hybridized carbons (Fsp3) is 0.412. The van der Waals surface area contributed by atoms with Crippen molar-refractivity contribution in [2.45, 2.75) is 26.7 Å². The van der Waals surface area contributed by atoms with E-state index in [1.807, 2.05) is 19.1 Å². The molecule has 2 N–H and O–H groups in total. The molecule has 0 atom stereocenters. The maximum absolute atomic E-state index is 5.04. The first kappa shape index (κ1) is 16.2. The molecule has 5 nitrogen and oxygen atoms in total. The predicted molar refractivity (Wildman–Crippen MR) is 90.9 cm³/mol. The molecular weight excluding hydrogens is 276 g/mol. The predicted octanol–water partition coefficient (Wildman–Crippen LogP) is 3.71. The maximum atomic E-state index is 5.04. The second kappa shape index (κ2) is 7.75. The molecular formula is C17H24N4O. The van der Waals surface area contributed by atoms with E-state index in [0.717, 1.165) is 29.7 Å². The van der Waals surface area contributed by atoms with Crippen LogP contribution in [0.25, 0.3) is 0 Å². The number of aromatic nitrogens is 2. The highest BCUT2D eigenvalue weighted by Gasteiger charge is 2.08. The van der Waals surface area contributed by atoms with Gasteiger partial charge in [-0.25, -0.2) is 9.97 Å². The minimum absolute atomic E-state index is 0.450. The molecule has 1 aromatic carbocycles. The largest absolute Gasteiger partial charge is 0.383 e. The van der Waals surface area contributed by atoms with Crippen LogP contribution in [0.1, 0.15) is 31.2 Å². The van der Waals surface area contributed by atoms with E-state index in [2.05, 4.69) is 52.6 Å². The third-order valence-electron chi connectivity index (χ3n) is 3.30. The van der Waals surface area contributed by atoms with Crippen molar-refractivity contribution in [3.05, 3.63) is 41.7 Å². The van der Waals surface area contributed by atoms with E-state index in [-0.39, 0.29) is 0 Å². The van der Waals surface area contributed by atoms with Gasteiger partial charge in [0, 0.05) is 25.4 Å². The first-order valence-electron chi connectivity index (χ1n) is 7.54. The number of nitrogens with one attached hydrogen (secondary N) is 2. The highest BCUT2D eigenvalue weighted by Crippen LogP contribution is 2.26. The molecule has 118 valence electrons. The number of para-hydroxylation sites is 1. The second-order valence-electron chi connectivity index (χ2n) is 5.47. The van der Waals surface area contributed by atoms with Crippen LogP contribution in [-0.2, 0) is 4.74 Å². The fourth-order valence-electron chi connectivity index (χ4n) is 2.26. The summed E-state index contributed by atoms with van der Waals surface area (Å²) in [7, 11) is 1.68. The van der Waals surface area contributed by atoms with Crippen LogP contribution >= 0.6 is 0 Å². The van der Waals surface area contributed by atoms with E-state index in [0.29, 0.717) is 12.5 Å². The highest BCUT2D eigenvalue weighted by atomic mass is 16.5. The van der Waals surface area contributed by atoms with Gasteiger partial charge in [0.15, 0.2) is 0 Å². The Morgan fingerprint density at radius 1 is 1.14 bits per heavy atom. The first-order valence-corrected chi connectivity index (χ1v) is 7.54. The van der Waals surface area contributed by atoms with Gasteiger partial charge in [-0.1, -0.05) is 32.0 Å². The van der Waals surface area contributed by atoms with Crippen molar-refractivity contribution in [1.29, 1.82) is 0 Å².